The van der Waals surface area contributed by atoms with Crippen molar-refractivity contribution in [3.8, 4) is 17.3 Å². The van der Waals surface area contributed by atoms with E-state index in [2.05, 4.69) is 40.4 Å². The maximum Gasteiger partial charge on any atom is 0.223 e. The molecule has 29 heavy (non-hydrogen) atoms. The molecule has 2 aliphatic rings. The van der Waals surface area contributed by atoms with Crippen molar-refractivity contribution < 1.29 is 4.74 Å². The molecule has 0 radical (unpaired) electrons. The highest BCUT2D eigenvalue weighted by atomic mass is 16.5. The third-order valence-corrected chi connectivity index (χ3v) is 5.53. The minimum absolute atomic E-state index is 0.216. The van der Waals surface area contributed by atoms with Crippen LogP contribution in [0, 0.1) is 17.2 Å². The highest BCUT2D eigenvalue weighted by Gasteiger charge is 2.29. The van der Waals surface area contributed by atoms with E-state index in [0.717, 1.165) is 49.7 Å². The van der Waals surface area contributed by atoms with Gasteiger partial charge < -0.3 is 20.3 Å². The number of nitrogens with zero attached hydrogens (tertiary/aromatic N) is 4. The number of nitrogens with one attached hydrogen (secondary N) is 2. The van der Waals surface area contributed by atoms with Crippen LogP contribution >= 0.6 is 0 Å². The Morgan fingerprint density at radius 2 is 2.17 bits per heavy atom. The maximum absolute atomic E-state index is 9.12. The van der Waals surface area contributed by atoms with Gasteiger partial charge >= 0.3 is 0 Å². The van der Waals surface area contributed by atoms with Crippen molar-refractivity contribution in [1.29, 1.82) is 5.26 Å². The summed E-state index contributed by atoms with van der Waals surface area (Å²) in [6.45, 7) is 9.45. The van der Waals surface area contributed by atoms with Gasteiger partial charge in [-0.15, -0.1) is 0 Å². The van der Waals surface area contributed by atoms with Crippen LogP contribution in [0.25, 0.3) is 11.3 Å². The zero-order valence-corrected chi connectivity index (χ0v) is 17.1. The number of anilines is 2. The SMILES string of the molecule is CC1(C)CN(c2cnc(NC[C@H]3CCNC3)nc2-c2ccc(C#N)cc2)CCO1. The van der Waals surface area contributed by atoms with E-state index in [9.17, 15) is 0 Å². The first kappa shape index (κ1) is 19.6. The van der Waals surface area contributed by atoms with Crippen molar-refractivity contribution in [3.63, 3.8) is 0 Å². The van der Waals surface area contributed by atoms with Crippen LogP contribution in [-0.4, -0.2) is 54.9 Å². The number of benzene rings is 1. The molecular weight excluding hydrogens is 364 g/mol. The molecule has 1 aromatic heterocycles. The Morgan fingerprint density at radius 3 is 2.86 bits per heavy atom. The average Bonchev–Trinajstić information content (AvgIpc) is 3.25. The minimum atomic E-state index is -0.216. The first-order valence-corrected chi connectivity index (χ1v) is 10.3. The predicted molar refractivity (Wildman–Crippen MR) is 114 cm³/mol. The fourth-order valence-corrected chi connectivity index (χ4v) is 3.95. The van der Waals surface area contributed by atoms with Crippen LogP contribution in [0.3, 0.4) is 0 Å². The van der Waals surface area contributed by atoms with Gasteiger partial charge in [-0.3, -0.25) is 0 Å². The highest BCUT2D eigenvalue weighted by molar-refractivity contribution is 5.76. The molecule has 0 unspecified atom stereocenters. The molecule has 2 N–H and O–H groups in total. The van der Waals surface area contributed by atoms with Crippen molar-refractivity contribution in [2.75, 3.05) is 49.5 Å². The monoisotopic (exact) mass is 392 g/mol. The number of morpholine rings is 1. The summed E-state index contributed by atoms with van der Waals surface area (Å²) in [5, 5.41) is 15.9. The number of nitriles is 1. The lowest BCUT2D eigenvalue weighted by Crippen LogP contribution is -2.48. The van der Waals surface area contributed by atoms with Crippen LogP contribution in [-0.2, 0) is 4.74 Å². The molecule has 2 aliphatic heterocycles. The Bertz CT molecular complexity index is 883. The molecule has 0 aliphatic carbocycles. The number of hydrogen-bond donors (Lipinski definition) is 2. The second kappa shape index (κ2) is 8.36. The zero-order valence-electron chi connectivity index (χ0n) is 17.1. The third-order valence-electron chi connectivity index (χ3n) is 5.53. The summed E-state index contributed by atoms with van der Waals surface area (Å²) in [4.78, 5) is 11.8. The van der Waals surface area contributed by atoms with E-state index in [4.69, 9.17) is 15.0 Å². The summed E-state index contributed by atoms with van der Waals surface area (Å²) in [6, 6.07) is 9.77. The minimum Gasteiger partial charge on any atom is -0.372 e. The molecule has 7 nitrogen and oxygen atoms in total. The lowest BCUT2D eigenvalue weighted by molar-refractivity contribution is -0.0276. The average molecular weight is 393 g/mol. The predicted octanol–water partition coefficient (Wildman–Crippen LogP) is 2.65. The molecule has 1 atom stereocenters. The lowest BCUT2D eigenvalue weighted by atomic mass is 10.0. The van der Waals surface area contributed by atoms with Gasteiger partial charge in [-0.25, -0.2) is 9.97 Å². The molecule has 0 spiro atoms. The maximum atomic E-state index is 9.12. The van der Waals surface area contributed by atoms with Gasteiger partial charge in [-0.1, -0.05) is 12.1 Å². The third kappa shape index (κ3) is 4.66. The molecule has 2 aromatic rings. The fraction of sp³-hybridized carbons (Fsp3) is 0.500. The summed E-state index contributed by atoms with van der Waals surface area (Å²) in [5.41, 5.74) is 3.29. The smallest absolute Gasteiger partial charge is 0.223 e. The number of rotatable bonds is 5. The number of hydrogen-bond acceptors (Lipinski definition) is 7. The molecule has 2 fully saturated rings. The van der Waals surface area contributed by atoms with Gasteiger partial charge in [0.25, 0.3) is 0 Å². The van der Waals surface area contributed by atoms with Crippen LogP contribution in [0.5, 0.6) is 0 Å². The van der Waals surface area contributed by atoms with Crippen molar-refractivity contribution in [3.05, 3.63) is 36.0 Å². The summed E-state index contributed by atoms with van der Waals surface area (Å²) < 4.78 is 5.88. The van der Waals surface area contributed by atoms with Crippen LogP contribution in [0.1, 0.15) is 25.8 Å². The van der Waals surface area contributed by atoms with E-state index in [1.54, 1.807) is 0 Å². The summed E-state index contributed by atoms with van der Waals surface area (Å²) in [6.07, 6.45) is 3.09. The first-order chi connectivity index (χ1) is 14.0. The number of ether oxygens (including phenoxy) is 1. The van der Waals surface area contributed by atoms with Gasteiger partial charge in [0, 0.05) is 25.2 Å². The molecule has 0 bridgehead atoms. The standard InChI is InChI=1S/C22H28N6O/c1-22(2)15-28(9-10-29-22)19-14-26-21(25-13-17-7-8-24-12-17)27-20(19)18-5-3-16(11-23)4-6-18/h3-6,14,17,24H,7-10,12-13,15H2,1-2H3,(H,25,26,27)/t17-/m0/s1. The largest absolute Gasteiger partial charge is 0.372 e. The topological polar surface area (TPSA) is 86.1 Å². The van der Waals surface area contributed by atoms with Crippen molar-refractivity contribution in [2.45, 2.75) is 25.9 Å². The Balaban J connectivity index is 1.64. The van der Waals surface area contributed by atoms with Crippen molar-refractivity contribution in [1.82, 2.24) is 15.3 Å². The molecule has 2 saturated heterocycles. The van der Waals surface area contributed by atoms with E-state index in [-0.39, 0.29) is 5.60 Å². The van der Waals surface area contributed by atoms with E-state index in [0.29, 0.717) is 24.0 Å². The highest BCUT2D eigenvalue weighted by Crippen LogP contribution is 2.32. The molecular formula is C22H28N6O. The quantitative estimate of drug-likeness (QED) is 0.809. The lowest BCUT2D eigenvalue weighted by Gasteiger charge is -2.39. The van der Waals surface area contributed by atoms with Gasteiger partial charge in [-0.05, 0) is 51.4 Å². The van der Waals surface area contributed by atoms with Crippen LogP contribution in [0.4, 0.5) is 11.6 Å². The zero-order chi connectivity index (χ0) is 20.3. The van der Waals surface area contributed by atoms with Gasteiger partial charge in [0.1, 0.15) is 0 Å². The molecule has 0 amide bonds. The van der Waals surface area contributed by atoms with Gasteiger partial charge in [0.15, 0.2) is 0 Å². The van der Waals surface area contributed by atoms with Gasteiger partial charge in [0.05, 0.1) is 41.4 Å². The Morgan fingerprint density at radius 1 is 1.34 bits per heavy atom. The van der Waals surface area contributed by atoms with E-state index in [1.165, 1.54) is 6.42 Å². The van der Waals surface area contributed by atoms with Crippen LogP contribution in [0.2, 0.25) is 0 Å². The Labute approximate surface area is 172 Å². The van der Waals surface area contributed by atoms with Gasteiger partial charge in [-0.2, -0.15) is 5.26 Å². The summed E-state index contributed by atoms with van der Waals surface area (Å²) in [7, 11) is 0. The fourth-order valence-electron chi connectivity index (χ4n) is 3.95. The summed E-state index contributed by atoms with van der Waals surface area (Å²) >= 11 is 0. The van der Waals surface area contributed by atoms with E-state index in [1.807, 2.05) is 30.5 Å². The first-order valence-electron chi connectivity index (χ1n) is 10.3. The van der Waals surface area contributed by atoms with Crippen molar-refractivity contribution >= 4 is 11.6 Å². The van der Waals surface area contributed by atoms with E-state index >= 15 is 0 Å². The van der Waals surface area contributed by atoms with Crippen LogP contribution in [0.15, 0.2) is 30.5 Å². The summed E-state index contributed by atoms with van der Waals surface area (Å²) in [5.74, 6) is 1.25. The Kier molecular flexibility index (Phi) is 5.65. The normalized spacial score (nSPS) is 21.0. The molecule has 1 aromatic carbocycles. The van der Waals surface area contributed by atoms with Gasteiger partial charge in [0.2, 0.25) is 5.95 Å². The number of aromatic nitrogens is 2. The van der Waals surface area contributed by atoms with Crippen LogP contribution < -0.4 is 15.5 Å². The van der Waals surface area contributed by atoms with Crippen molar-refractivity contribution in [2.24, 2.45) is 5.92 Å². The molecule has 152 valence electrons. The molecule has 4 rings (SSSR count). The second-order valence-electron chi connectivity index (χ2n) is 8.39. The van der Waals surface area contributed by atoms with E-state index < -0.39 is 0 Å². The molecule has 7 heteroatoms. The molecule has 0 saturated carbocycles. The Hall–Kier alpha value is -2.69. The second-order valence-corrected chi connectivity index (χ2v) is 8.39. The molecule has 3 heterocycles.